The predicted molar refractivity (Wildman–Crippen MR) is 108 cm³/mol. The molecule has 5 heteroatoms. The van der Waals surface area contributed by atoms with Gasteiger partial charge in [-0.2, -0.15) is 0 Å². The molecule has 0 aliphatic carbocycles. The third-order valence-corrected chi connectivity index (χ3v) is 4.13. The summed E-state index contributed by atoms with van der Waals surface area (Å²) in [5.74, 6) is 0.637. The summed E-state index contributed by atoms with van der Waals surface area (Å²) in [7, 11) is 0. The van der Waals surface area contributed by atoms with Gasteiger partial charge >= 0.3 is 5.63 Å². The lowest BCUT2D eigenvalue weighted by molar-refractivity contribution is -0.0826. The first-order valence-corrected chi connectivity index (χ1v) is 9.28. The molecule has 27 heavy (non-hydrogen) atoms. The average molecular weight is 374 g/mol. The third-order valence-electron chi connectivity index (χ3n) is 4.13. The molecule has 1 atom stereocenters. The van der Waals surface area contributed by atoms with E-state index in [1.807, 2.05) is 46.8 Å². The molecule has 0 radical (unpaired) electrons. The summed E-state index contributed by atoms with van der Waals surface area (Å²) in [5.41, 5.74) is 0.687. The zero-order valence-corrected chi connectivity index (χ0v) is 16.9. The van der Waals surface area contributed by atoms with Gasteiger partial charge in [0.25, 0.3) is 0 Å². The van der Waals surface area contributed by atoms with E-state index >= 15 is 0 Å². The topological polar surface area (TPSA) is 57.9 Å². The second-order valence-electron chi connectivity index (χ2n) is 7.59. The first kappa shape index (κ1) is 21.2. The van der Waals surface area contributed by atoms with Crippen LogP contribution in [0, 0.1) is 6.92 Å². The van der Waals surface area contributed by atoms with Crippen LogP contribution in [0.3, 0.4) is 0 Å². The van der Waals surface area contributed by atoms with Gasteiger partial charge in [0.2, 0.25) is 0 Å². The summed E-state index contributed by atoms with van der Waals surface area (Å²) >= 11 is 0. The molecule has 0 spiro atoms. The SMILES string of the molecule is C=CCOC(C)(C)CC(COc1ccc2c(C)cc(=O)oc2c1)OC(C)C. The molecule has 1 unspecified atom stereocenters. The Kier molecular flexibility index (Phi) is 7.22. The fraction of sp³-hybridized carbons (Fsp3) is 0.500. The lowest BCUT2D eigenvalue weighted by Crippen LogP contribution is -2.36. The Morgan fingerprint density at radius 2 is 2.00 bits per heavy atom. The summed E-state index contributed by atoms with van der Waals surface area (Å²) < 4.78 is 23.1. The Morgan fingerprint density at radius 3 is 2.67 bits per heavy atom. The number of rotatable bonds is 10. The smallest absolute Gasteiger partial charge is 0.336 e. The molecule has 0 bridgehead atoms. The van der Waals surface area contributed by atoms with Gasteiger partial charge in [-0.3, -0.25) is 0 Å². The highest BCUT2D eigenvalue weighted by Crippen LogP contribution is 2.24. The van der Waals surface area contributed by atoms with Crippen LogP contribution in [0.1, 0.15) is 39.7 Å². The maximum atomic E-state index is 11.6. The summed E-state index contributed by atoms with van der Waals surface area (Å²) in [6, 6.07) is 7.01. The van der Waals surface area contributed by atoms with Crippen molar-refractivity contribution in [2.24, 2.45) is 0 Å². The highest BCUT2D eigenvalue weighted by molar-refractivity contribution is 5.81. The van der Waals surface area contributed by atoms with E-state index in [0.717, 1.165) is 10.9 Å². The van der Waals surface area contributed by atoms with Gasteiger partial charge < -0.3 is 18.6 Å². The predicted octanol–water partition coefficient (Wildman–Crippen LogP) is 4.65. The van der Waals surface area contributed by atoms with Crippen molar-refractivity contribution in [2.75, 3.05) is 13.2 Å². The number of hydrogen-bond donors (Lipinski definition) is 0. The Hall–Kier alpha value is -2.11. The second kappa shape index (κ2) is 9.20. The van der Waals surface area contributed by atoms with Crippen molar-refractivity contribution in [3.63, 3.8) is 0 Å². The lowest BCUT2D eigenvalue weighted by atomic mass is 10.0. The van der Waals surface area contributed by atoms with Crippen molar-refractivity contribution in [1.82, 2.24) is 0 Å². The number of ether oxygens (including phenoxy) is 3. The van der Waals surface area contributed by atoms with Crippen LogP contribution >= 0.6 is 0 Å². The van der Waals surface area contributed by atoms with Crippen LogP contribution < -0.4 is 10.4 Å². The Morgan fingerprint density at radius 1 is 1.26 bits per heavy atom. The molecule has 148 valence electrons. The van der Waals surface area contributed by atoms with E-state index in [-0.39, 0.29) is 23.4 Å². The summed E-state index contributed by atoms with van der Waals surface area (Å²) in [5, 5.41) is 0.899. The molecule has 0 fully saturated rings. The minimum atomic E-state index is -0.362. The first-order chi connectivity index (χ1) is 12.7. The van der Waals surface area contributed by atoms with Gasteiger partial charge in [-0.1, -0.05) is 6.08 Å². The highest BCUT2D eigenvalue weighted by atomic mass is 16.5. The van der Waals surface area contributed by atoms with Crippen LogP contribution in [-0.4, -0.2) is 31.0 Å². The maximum Gasteiger partial charge on any atom is 0.336 e. The van der Waals surface area contributed by atoms with Crippen LogP contribution in [0.15, 0.2) is 46.1 Å². The molecule has 0 saturated carbocycles. The van der Waals surface area contributed by atoms with E-state index in [4.69, 9.17) is 18.6 Å². The molecule has 0 N–H and O–H groups in total. The van der Waals surface area contributed by atoms with Gasteiger partial charge in [0.15, 0.2) is 0 Å². The van der Waals surface area contributed by atoms with E-state index < -0.39 is 0 Å². The molecule has 0 amide bonds. The Labute approximate surface area is 160 Å². The number of hydrogen-bond acceptors (Lipinski definition) is 5. The standard InChI is InChI=1S/C22H30O5/c1-7-10-25-22(5,6)13-18(26-15(2)3)14-24-17-8-9-19-16(4)11-21(23)27-20(19)12-17/h7-9,11-12,15,18H,1,10,13-14H2,2-6H3. The molecular formula is C22H30O5. The number of benzene rings is 1. The number of fused-ring (bicyclic) bond motifs is 1. The van der Waals surface area contributed by atoms with Crippen LogP contribution in [0.4, 0.5) is 0 Å². The van der Waals surface area contributed by atoms with Gasteiger partial charge in [0.1, 0.15) is 17.9 Å². The lowest BCUT2D eigenvalue weighted by Gasteiger charge is -2.30. The maximum absolute atomic E-state index is 11.6. The zero-order valence-electron chi connectivity index (χ0n) is 16.9. The molecule has 2 aromatic rings. The quantitative estimate of drug-likeness (QED) is 0.448. The van der Waals surface area contributed by atoms with Gasteiger partial charge in [0.05, 0.1) is 24.4 Å². The zero-order chi connectivity index (χ0) is 20.0. The van der Waals surface area contributed by atoms with Gasteiger partial charge in [-0.25, -0.2) is 4.79 Å². The first-order valence-electron chi connectivity index (χ1n) is 9.28. The molecule has 1 aromatic carbocycles. The van der Waals surface area contributed by atoms with Crippen LogP contribution in [0.5, 0.6) is 5.75 Å². The molecule has 1 heterocycles. The van der Waals surface area contributed by atoms with Crippen molar-refractivity contribution >= 4 is 11.0 Å². The van der Waals surface area contributed by atoms with Crippen LogP contribution in [0.25, 0.3) is 11.0 Å². The second-order valence-corrected chi connectivity index (χ2v) is 7.59. The molecule has 0 aliphatic heterocycles. The summed E-state index contributed by atoms with van der Waals surface area (Å²) in [6.07, 6.45) is 2.36. The van der Waals surface area contributed by atoms with Crippen LogP contribution in [0.2, 0.25) is 0 Å². The van der Waals surface area contributed by atoms with Gasteiger partial charge in [-0.05, 0) is 52.3 Å². The Balaban J connectivity index is 2.10. The largest absolute Gasteiger partial charge is 0.491 e. The van der Waals surface area contributed by atoms with Crippen molar-refractivity contribution in [1.29, 1.82) is 0 Å². The molecule has 0 saturated heterocycles. The van der Waals surface area contributed by atoms with E-state index in [1.54, 1.807) is 12.1 Å². The number of aryl methyl sites for hydroxylation is 1. The minimum absolute atomic E-state index is 0.0751. The molecule has 2 rings (SSSR count). The van der Waals surface area contributed by atoms with Gasteiger partial charge in [-0.15, -0.1) is 6.58 Å². The normalized spacial score (nSPS) is 13.1. The monoisotopic (exact) mass is 374 g/mol. The minimum Gasteiger partial charge on any atom is -0.491 e. The Bertz CT molecular complexity index is 819. The van der Waals surface area contributed by atoms with Gasteiger partial charge in [0, 0.05) is 23.9 Å². The van der Waals surface area contributed by atoms with E-state index in [1.165, 1.54) is 6.07 Å². The molecule has 1 aromatic heterocycles. The average Bonchev–Trinajstić information content (AvgIpc) is 2.56. The van der Waals surface area contributed by atoms with Crippen molar-refractivity contribution in [2.45, 2.75) is 58.8 Å². The fourth-order valence-corrected chi connectivity index (χ4v) is 3.01. The summed E-state index contributed by atoms with van der Waals surface area (Å²) in [4.78, 5) is 11.6. The third kappa shape index (κ3) is 6.52. The van der Waals surface area contributed by atoms with E-state index in [0.29, 0.717) is 31.0 Å². The van der Waals surface area contributed by atoms with E-state index in [9.17, 15) is 4.79 Å². The highest BCUT2D eigenvalue weighted by Gasteiger charge is 2.25. The molecular weight excluding hydrogens is 344 g/mol. The van der Waals surface area contributed by atoms with Crippen LogP contribution in [-0.2, 0) is 9.47 Å². The molecule has 0 aliphatic rings. The fourth-order valence-electron chi connectivity index (χ4n) is 3.01. The van der Waals surface area contributed by atoms with Crippen molar-refractivity contribution < 1.29 is 18.6 Å². The van der Waals surface area contributed by atoms with Crippen molar-refractivity contribution in [3.05, 3.63) is 52.9 Å². The summed E-state index contributed by atoms with van der Waals surface area (Å²) in [6.45, 7) is 14.5. The molecule has 5 nitrogen and oxygen atoms in total. The van der Waals surface area contributed by atoms with E-state index in [2.05, 4.69) is 6.58 Å². The van der Waals surface area contributed by atoms with Crippen molar-refractivity contribution in [3.8, 4) is 5.75 Å².